The molecule has 7 nitrogen and oxygen atoms in total. The lowest BCUT2D eigenvalue weighted by Gasteiger charge is -2.54. The molecule has 4 rings (SSSR count). The maximum atomic E-state index is 6.05. The standard InChI is InChI=1S/C22H34N6O/c1-3-23-21(25-17-16-18(29-4-2)22(17)12-6-7-13-22)24-14-9-11-20-27-26-19-10-5-8-15-28(19)20/h5,8,10,15,17-18H,3-4,6-7,9,11-14,16H2,1-2H3,(H2,23,24,25). The predicted octanol–water partition coefficient (Wildman–Crippen LogP) is 2.95. The van der Waals surface area contributed by atoms with Crippen LogP contribution in [0.5, 0.6) is 0 Å². The van der Waals surface area contributed by atoms with Crippen LogP contribution in [0.3, 0.4) is 0 Å². The molecule has 0 saturated heterocycles. The number of hydrogen-bond donors (Lipinski definition) is 2. The molecule has 0 aromatic carbocycles. The first-order chi connectivity index (χ1) is 14.3. The van der Waals surface area contributed by atoms with Gasteiger partial charge in [-0.05, 0) is 51.7 Å². The zero-order valence-electron chi connectivity index (χ0n) is 17.7. The number of pyridine rings is 1. The number of fused-ring (bicyclic) bond motifs is 1. The summed E-state index contributed by atoms with van der Waals surface area (Å²) in [4.78, 5) is 4.84. The molecule has 2 unspecified atom stereocenters. The summed E-state index contributed by atoms with van der Waals surface area (Å²) in [7, 11) is 0. The average Bonchev–Trinajstić information content (AvgIpc) is 3.40. The van der Waals surface area contributed by atoms with Crippen LogP contribution >= 0.6 is 0 Å². The molecular weight excluding hydrogens is 364 g/mol. The summed E-state index contributed by atoms with van der Waals surface area (Å²) in [6.45, 7) is 6.67. The lowest BCUT2D eigenvalue weighted by Crippen LogP contribution is -2.65. The summed E-state index contributed by atoms with van der Waals surface area (Å²) < 4.78 is 8.10. The van der Waals surface area contributed by atoms with E-state index in [1.165, 1.54) is 25.7 Å². The van der Waals surface area contributed by atoms with Crippen molar-refractivity contribution in [2.24, 2.45) is 10.4 Å². The largest absolute Gasteiger partial charge is 0.378 e. The van der Waals surface area contributed by atoms with Gasteiger partial charge in [-0.3, -0.25) is 9.39 Å². The highest BCUT2D eigenvalue weighted by atomic mass is 16.5. The summed E-state index contributed by atoms with van der Waals surface area (Å²) in [5.74, 6) is 1.93. The number of rotatable bonds is 8. The Kier molecular flexibility index (Phi) is 6.33. The van der Waals surface area contributed by atoms with Crippen molar-refractivity contribution < 1.29 is 4.74 Å². The third-order valence-corrected chi connectivity index (χ3v) is 6.56. The average molecular weight is 399 g/mol. The topological polar surface area (TPSA) is 75.8 Å². The van der Waals surface area contributed by atoms with Crippen molar-refractivity contribution >= 4 is 11.6 Å². The van der Waals surface area contributed by atoms with E-state index in [2.05, 4.69) is 39.1 Å². The number of guanidine groups is 1. The molecule has 1 spiro atoms. The SMILES string of the molecule is CCNC(=NCCCc1nnc2ccccn12)NC1CC(OCC)C12CCCC2. The number of ether oxygens (including phenoxy) is 1. The molecule has 2 aliphatic carbocycles. The Morgan fingerprint density at radius 2 is 2.14 bits per heavy atom. The molecule has 29 heavy (non-hydrogen) atoms. The molecule has 0 radical (unpaired) electrons. The van der Waals surface area contributed by atoms with Crippen LogP contribution in [0.15, 0.2) is 29.4 Å². The van der Waals surface area contributed by atoms with Crippen LogP contribution in [-0.2, 0) is 11.2 Å². The van der Waals surface area contributed by atoms with Crippen molar-refractivity contribution in [3.8, 4) is 0 Å². The van der Waals surface area contributed by atoms with Crippen LogP contribution in [0.2, 0.25) is 0 Å². The summed E-state index contributed by atoms with van der Waals surface area (Å²) in [6.07, 6.45) is 10.5. The maximum Gasteiger partial charge on any atom is 0.191 e. The van der Waals surface area contributed by atoms with Crippen LogP contribution in [0.25, 0.3) is 5.65 Å². The highest BCUT2D eigenvalue weighted by molar-refractivity contribution is 5.80. The molecule has 2 N–H and O–H groups in total. The van der Waals surface area contributed by atoms with Gasteiger partial charge in [0.05, 0.1) is 6.10 Å². The van der Waals surface area contributed by atoms with Gasteiger partial charge >= 0.3 is 0 Å². The third-order valence-electron chi connectivity index (χ3n) is 6.56. The molecule has 2 fully saturated rings. The molecular formula is C22H34N6O. The molecule has 7 heteroatoms. The van der Waals surface area contributed by atoms with E-state index in [-0.39, 0.29) is 0 Å². The molecule has 2 saturated carbocycles. The Labute approximate surface area is 173 Å². The van der Waals surface area contributed by atoms with Gasteiger partial charge in [0.15, 0.2) is 11.6 Å². The van der Waals surface area contributed by atoms with Gasteiger partial charge in [-0.15, -0.1) is 10.2 Å². The summed E-state index contributed by atoms with van der Waals surface area (Å²) >= 11 is 0. The van der Waals surface area contributed by atoms with Crippen molar-refractivity contribution in [1.82, 2.24) is 25.2 Å². The maximum absolute atomic E-state index is 6.05. The van der Waals surface area contributed by atoms with E-state index in [1.807, 2.05) is 24.4 Å². The molecule has 0 amide bonds. The summed E-state index contributed by atoms with van der Waals surface area (Å²) in [5.41, 5.74) is 1.21. The Hall–Kier alpha value is -2.15. The molecule has 2 heterocycles. The summed E-state index contributed by atoms with van der Waals surface area (Å²) in [6, 6.07) is 6.45. The number of aliphatic imine (C=N–C) groups is 1. The molecule has 2 aromatic rings. The molecule has 158 valence electrons. The minimum absolute atomic E-state index is 0.312. The van der Waals surface area contributed by atoms with E-state index in [4.69, 9.17) is 9.73 Å². The molecule has 0 aliphatic heterocycles. The van der Waals surface area contributed by atoms with E-state index in [1.54, 1.807) is 0 Å². The van der Waals surface area contributed by atoms with Crippen molar-refractivity contribution in [2.45, 2.75) is 70.9 Å². The van der Waals surface area contributed by atoms with Gasteiger partial charge in [0.1, 0.15) is 5.82 Å². The second-order valence-corrected chi connectivity index (χ2v) is 8.23. The van der Waals surface area contributed by atoms with Crippen molar-refractivity contribution in [3.63, 3.8) is 0 Å². The van der Waals surface area contributed by atoms with E-state index < -0.39 is 0 Å². The van der Waals surface area contributed by atoms with Crippen molar-refractivity contribution in [1.29, 1.82) is 0 Å². The zero-order valence-corrected chi connectivity index (χ0v) is 17.7. The fourth-order valence-electron chi connectivity index (χ4n) is 5.06. The van der Waals surface area contributed by atoms with Gasteiger partial charge in [-0.2, -0.15) is 0 Å². The van der Waals surface area contributed by atoms with Crippen LogP contribution in [0.4, 0.5) is 0 Å². The quantitative estimate of drug-likeness (QED) is 0.406. The first-order valence-corrected chi connectivity index (χ1v) is 11.2. The minimum atomic E-state index is 0.312. The molecule has 2 atom stereocenters. The van der Waals surface area contributed by atoms with Crippen LogP contribution < -0.4 is 10.6 Å². The van der Waals surface area contributed by atoms with E-state index in [0.717, 1.165) is 56.4 Å². The Morgan fingerprint density at radius 3 is 2.93 bits per heavy atom. The predicted molar refractivity (Wildman–Crippen MR) is 115 cm³/mol. The van der Waals surface area contributed by atoms with Gasteiger partial charge in [-0.1, -0.05) is 18.9 Å². The monoisotopic (exact) mass is 398 g/mol. The second-order valence-electron chi connectivity index (χ2n) is 8.23. The lowest BCUT2D eigenvalue weighted by atomic mass is 9.60. The fraction of sp³-hybridized carbons (Fsp3) is 0.682. The first-order valence-electron chi connectivity index (χ1n) is 11.2. The third kappa shape index (κ3) is 4.10. The number of nitrogens with zero attached hydrogens (tertiary/aromatic N) is 4. The van der Waals surface area contributed by atoms with E-state index in [9.17, 15) is 0 Å². The highest BCUT2D eigenvalue weighted by Gasteiger charge is 2.56. The van der Waals surface area contributed by atoms with Crippen LogP contribution in [0, 0.1) is 5.41 Å². The minimum Gasteiger partial charge on any atom is -0.378 e. The first kappa shape index (κ1) is 20.1. The molecule has 0 bridgehead atoms. The van der Waals surface area contributed by atoms with Crippen molar-refractivity contribution in [3.05, 3.63) is 30.2 Å². The Morgan fingerprint density at radius 1 is 1.28 bits per heavy atom. The van der Waals surface area contributed by atoms with Crippen LogP contribution in [-0.4, -0.2) is 52.4 Å². The number of aryl methyl sites for hydroxylation is 1. The Balaban J connectivity index is 1.33. The summed E-state index contributed by atoms with van der Waals surface area (Å²) in [5, 5.41) is 15.7. The molecule has 2 aliphatic rings. The highest BCUT2D eigenvalue weighted by Crippen LogP contribution is 2.54. The van der Waals surface area contributed by atoms with Crippen molar-refractivity contribution in [2.75, 3.05) is 19.7 Å². The normalized spacial score (nSPS) is 23.4. The number of aromatic nitrogens is 3. The van der Waals surface area contributed by atoms with Gasteiger partial charge in [-0.25, -0.2) is 0 Å². The number of hydrogen-bond acceptors (Lipinski definition) is 4. The van der Waals surface area contributed by atoms with E-state index in [0.29, 0.717) is 17.6 Å². The van der Waals surface area contributed by atoms with Gasteiger partial charge < -0.3 is 15.4 Å². The lowest BCUT2D eigenvalue weighted by molar-refractivity contribution is -0.125. The zero-order chi connectivity index (χ0) is 20.1. The molecule has 2 aromatic heterocycles. The van der Waals surface area contributed by atoms with E-state index >= 15 is 0 Å². The fourth-order valence-corrected chi connectivity index (χ4v) is 5.06. The smallest absolute Gasteiger partial charge is 0.191 e. The van der Waals surface area contributed by atoms with Gasteiger partial charge in [0.2, 0.25) is 0 Å². The van der Waals surface area contributed by atoms with Gasteiger partial charge in [0.25, 0.3) is 0 Å². The van der Waals surface area contributed by atoms with Crippen LogP contribution in [0.1, 0.15) is 58.2 Å². The Bertz CT molecular complexity index is 826. The van der Waals surface area contributed by atoms with Gasteiger partial charge in [0, 0.05) is 43.8 Å². The second kappa shape index (κ2) is 9.11. The number of nitrogens with one attached hydrogen (secondary N) is 2.